The third-order valence-electron chi connectivity index (χ3n) is 4.35. The average molecular weight is 349 g/mol. The van der Waals surface area contributed by atoms with Gasteiger partial charge in [0.05, 0.1) is 32.1 Å². The Morgan fingerprint density at radius 2 is 0.917 bits per heavy atom. The molecule has 2 aromatic heterocycles. The van der Waals surface area contributed by atoms with Crippen LogP contribution in [-0.2, 0) is 0 Å². The number of hydrogen-bond acceptors (Lipinski definition) is 2. The van der Waals surface area contributed by atoms with Crippen molar-refractivity contribution in [2.24, 2.45) is 0 Å². The molecule has 0 spiro atoms. The van der Waals surface area contributed by atoms with E-state index in [1.54, 1.807) is 0 Å². The third kappa shape index (κ3) is 1.90. The van der Waals surface area contributed by atoms with Gasteiger partial charge in [0.1, 0.15) is 0 Å². The molecular weight excluding hydrogens is 339 g/mol. The lowest BCUT2D eigenvalue weighted by Gasteiger charge is -2.09. The second kappa shape index (κ2) is 5.04. The highest BCUT2D eigenvalue weighted by Crippen LogP contribution is 2.36. The first kappa shape index (κ1) is 14.0. The summed E-state index contributed by atoms with van der Waals surface area (Å²) in [5.41, 5.74) is 3.40. The van der Waals surface area contributed by atoms with E-state index in [4.69, 9.17) is 33.2 Å². The SMILES string of the molecule is Clc1c2ccccc2nc2cc3c(Cl)c4ccccc4nc3cc12. The molecule has 114 valence electrons. The summed E-state index contributed by atoms with van der Waals surface area (Å²) < 4.78 is 0. The van der Waals surface area contributed by atoms with E-state index >= 15 is 0 Å². The van der Waals surface area contributed by atoms with Crippen molar-refractivity contribution in [2.45, 2.75) is 0 Å². The minimum atomic E-state index is 0.698. The molecule has 0 aliphatic carbocycles. The number of pyridine rings is 2. The highest BCUT2D eigenvalue weighted by molar-refractivity contribution is 6.42. The molecule has 0 aliphatic rings. The van der Waals surface area contributed by atoms with Gasteiger partial charge in [-0.1, -0.05) is 59.6 Å². The fraction of sp³-hybridized carbons (Fsp3) is 0. The Balaban J connectivity index is 2.01. The van der Waals surface area contributed by atoms with Crippen LogP contribution in [0.1, 0.15) is 0 Å². The van der Waals surface area contributed by atoms with Crippen molar-refractivity contribution in [2.75, 3.05) is 0 Å². The maximum Gasteiger partial charge on any atom is 0.0732 e. The molecule has 0 aliphatic heterocycles. The van der Waals surface area contributed by atoms with Crippen LogP contribution in [-0.4, -0.2) is 9.97 Å². The van der Waals surface area contributed by atoms with Gasteiger partial charge in [-0.3, -0.25) is 0 Å². The van der Waals surface area contributed by atoms with Crippen molar-refractivity contribution in [3.05, 3.63) is 70.7 Å². The van der Waals surface area contributed by atoms with Gasteiger partial charge >= 0.3 is 0 Å². The number of para-hydroxylation sites is 2. The molecule has 0 saturated carbocycles. The van der Waals surface area contributed by atoms with Crippen molar-refractivity contribution in [3.8, 4) is 0 Å². The van der Waals surface area contributed by atoms with Crippen molar-refractivity contribution >= 4 is 66.8 Å². The molecule has 5 rings (SSSR count). The molecule has 0 fully saturated rings. The highest BCUT2D eigenvalue weighted by Gasteiger charge is 2.12. The molecule has 0 radical (unpaired) electrons. The van der Waals surface area contributed by atoms with E-state index in [9.17, 15) is 0 Å². The fourth-order valence-corrected chi connectivity index (χ4v) is 3.80. The topological polar surface area (TPSA) is 25.8 Å². The minimum absolute atomic E-state index is 0.698. The number of nitrogens with zero attached hydrogens (tertiary/aromatic N) is 2. The molecule has 4 heteroatoms. The number of benzene rings is 3. The third-order valence-corrected chi connectivity index (χ3v) is 5.16. The summed E-state index contributed by atoms with van der Waals surface area (Å²) in [5.74, 6) is 0. The Morgan fingerprint density at radius 1 is 0.500 bits per heavy atom. The normalized spacial score (nSPS) is 11.8. The van der Waals surface area contributed by atoms with Crippen LogP contribution in [0.25, 0.3) is 43.6 Å². The smallest absolute Gasteiger partial charge is 0.0732 e. The van der Waals surface area contributed by atoms with Crippen molar-refractivity contribution in [1.82, 2.24) is 9.97 Å². The lowest BCUT2D eigenvalue weighted by molar-refractivity contribution is 1.48. The first-order valence-electron chi connectivity index (χ1n) is 7.58. The second-order valence-electron chi connectivity index (χ2n) is 5.77. The fourth-order valence-electron chi connectivity index (χ4n) is 3.18. The van der Waals surface area contributed by atoms with Crippen LogP contribution in [0.15, 0.2) is 60.7 Å². The maximum atomic E-state index is 6.63. The molecule has 0 N–H and O–H groups in total. The van der Waals surface area contributed by atoms with Gasteiger partial charge in [0.2, 0.25) is 0 Å². The number of hydrogen-bond donors (Lipinski definition) is 0. The maximum absolute atomic E-state index is 6.63. The number of aromatic nitrogens is 2. The molecule has 0 amide bonds. The van der Waals surface area contributed by atoms with Gasteiger partial charge in [0.25, 0.3) is 0 Å². The Bertz CT molecular complexity index is 1180. The summed E-state index contributed by atoms with van der Waals surface area (Å²) in [5, 5.41) is 5.06. The van der Waals surface area contributed by atoms with Gasteiger partial charge in [-0.05, 0) is 24.3 Å². The van der Waals surface area contributed by atoms with Crippen LogP contribution in [0.5, 0.6) is 0 Å². The lowest BCUT2D eigenvalue weighted by Crippen LogP contribution is -1.89. The number of halogens is 2. The molecule has 0 unspecified atom stereocenters. The van der Waals surface area contributed by atoms with Gasteiger partial charge in [-0.2, -0.15) is 0 Å². The van der Waals surface area contributed by atoms with E-state index < -0.39 is 0 Å². The average Bonchev–Trinajstić information content (AvgIpc) is 2.62. The first-order valence-corrected chi connectivity index (χ1v) is 8.34. The van der Waals surface area contributed by atoms with Crippen molar-refractivity contribution in [1.29, 1.82) is 0 Å². The lowest BCUT2D eigenvalue weighted by atomic mass is 10.1. The van der Waals surface area contributed by atoms with Crippen molar-refractivity contribution < 1.29 is 0 Å². The van der Waals surface area contributed by atoms with Crippen LogP contribution in [0.3, 0.4) is 0 Å². The predicted octanol–water partition coefficient (Wildman–Crippen LogP) is 6.40. The summed E-state index contributed by atoms with van der Waals surface area (Å²) in [4.78, 5) is 9.48. The number of rotatable bonds is 0. The van der Waals surface area contributed by atoms with Gasteiger partial charge in [0.15, 0.2) is 0 Å². The van der Waals surface area contributed by atoms with E-state index in [2.05, 4.69) is 0 Å². The summed E-state index contributed by atoms with van der Waals surface area (Å²) in [6, 6.07) is 19.7. The van der Waals surface area contributed by atoms with Crippen LogP contribution < -0.4 is 0 Å². The minimum Gasteiger partial charge on any atom is -0.248 e. The van der Waals surface area contributed by atoms with E-state index in [-0.39, 0.29) is 0 Å². The number of fused-ring (bicyclic) bond motifs is 4. The molecule has 0 atom stereocenters. The van der Waals surface area contributed by atoms with Crippen molar-refractivity contribution in [3.63, 3.8) is 0 Å². The van der Waals surface area contributed by atoms with Gasteiger partial charge < -0.3 is 0 Å². The second-order valence-corrected chi connectivity index (χ2v) is 6.53. The summed E-state index contributed by atoms with van der Waals surface area (Å²) in [6.45, 7) is 0. The van der Waals surface area contributed by atoms with E-state index in [0.29, 0.717) is 10.0 Å². The monoisotopic (exact) mass is 348 g/mol. The summed E-state index contributed by atoms with van der Waals surface area (Å²) in [6.07, 6.45) is 0. The van der Waals surface area contributed by atoms with E-state index in [1.807, 2.05) is 60.7 Å². The molecule has 5 aromatic rings. The van der Waals surface area contributed by atoms with E-state index in [0.717, 1.165) is 43.6 Å². The largest absolute Gasteiger partial charge is 0.248 e. The Hall–Kier alpha value is -2.42. The Kier molecular flexibility index (Phi) is 2.93. The van der Waals surface area contributed by atoms with Gasteiger partial charge in [-0.25, -0.2) is 9.97 Å². The Labute approximate surface area is 147 Å². The van der Waals surface area contributed by atoms with Crippen LogP contribution in [0.2, 0.25) is 10.0 Å². The molecule has 24 heavy (non-hydrogen) atoms. The Morgan fingerprint density at radius 3 is 1.38 bits per heavy atom. The van der Waals surface area contributed by atoms with Crippen LogP contribution >= 0.6 is 23.2 Å². The molecule has 2 nitrogen and oxygen atoms in total. The molecular formula is C20H10Cl2N2. The zero-order chi connectivity index (χ0) is 16.3. The van der Waals surface area contributed by atoms with E-state index in [1.165, 1.54) is 0 Å². The zero-order valence-corrected chi connectivity index (χ0v) is 13.9. The van der Waals surface area contributed by atoms with Crippen LogP contribution in [0.4, 0.5) is 0 Å². The molecule has 2 heterocycles. The molecule has 3 aromatic carbocycles. The van der Waals surface area contributed by atoms with Crippen LogP contribution in [0, 0.1) is 0 Å². The molecule has 0 saturated heterocycles. The highest BCUT2D eigenvalue weighted by atomic mass is 35.5. The summed E-state index contributed by atoms with van der Waals surface area (Å²) >= 11 is 13.3. The predicted molar refractivity (Wildman–Crippen MR) is 102 cm³/mol. The van der Waals surface area contributed by atoms with Gasteiger partial charge in [0, 0.05) is 21.5 Å². The standard InChI is InChI=1S/C20H10Cl2N2/c21-19-11-5-1-3-7-15(11)23-17-10-14-18(9-13(17)19)24-16-8-4-2-6-12(16)20(14)22/h1-10H. The zero-order valence-electron chi connectivity index (χ0n) is 12.4. The molecule has 0 bridgehead atoms. The summed E-state index contributed by atoms with van der Waals surface area (Å²) in [7, 11) is 0. The quantitative estimate of drug-likeness (QED) is 0.303. The first-order chi connectivity index (χ1) is 11.7. The van der Waals surface area contributed by atoms with Gasteiger partial charge in [-0.15, -0.1) is 0 Å².